The summed E-state index contributed by atoms with van der Waals surface area (Å²) in [6.45, 7) is 2.07. The Kier molecular flexibility index (Phi) is 6.22. The van der Waals surface area contributed by atoms with Gasteiger partial charge in [0.1, 0.15) is 0 Å². The fourth-order valence-corrected chi connectivity index (χ4v) is 2.88. The number of carbonyl (C=O) groups excluding carboxylic acids is 1. The first-order valence-electron chi connectivity index (χ1n) is 8.89. The zero-order chi connectivity index (χ0) is 19.9. The van der Waals surface area contributed by atoms with E-state index >= 15 is 0 Å². The first kappa shape index (κ1) is 19.4. The Labute approximate surface area is 163 Å². The lowest BCUT2D eigenvalue weighted by atomic mass is 9.99. The number of aromatic nitrogens is 1. The summed E-state index contributed by atoms with van der Waals surface area (Å²) in [7, 11) is 1.43. The van der Waals surface area contributed by atoms with Crippen LogP contribution < -0.4 is 10.1 Å². The first-order valence-corrected chi connectivity index (χ1v) is 8.89. The van der Waals surface area contributed by atoms with E-state index in [4.69, 9.17) is 9.47 Å². The van der Waals surface area contributed by atoms with Gasteiger partial charge in [-0.15, -0.1) is 0 Å². The molecule has 3 rings (SSSR count). The highest BCUT2D eigenvalue weighted by atomic mass is 19.1. The molecule has 2 aromatic carbocycles. The average molecular weight is 380 g/mol. The molecule has 0 saturated carbocycles. The molecule has 28 heavy (non-hydrogen) atoms. The highest BCUT2D eigenvalue weighted by Crippen LogP contribution is 2.30. The molecule has 3 aromatic rings. The number of nitrogens with zero attached hydrogens (tertiary/aromatic N) is 1. The van der Waals surface area contributed by atoms with E-state index in [9.17, 15) is 9.18 Å². The summed E-state index contributed by atoms with van der Waals surface area (Å²) in [5.41, 5.74) is 2.86. The van der Waals surface area contributed by atoms with E-state index in [0.717, 1.165) is 16.8 Å². The van der Waals surface area contributed by atoms with Gasteiger partial charge in [-0.25, -0.2) is 9.18 Å². The lowest BCUT2D eigenvalue weighted by Crippen LogP contribution is -2.14. The van der Waals surface area contributed by atoms with Crippen molar-refractivity contribution in [1.29, 1.82) is 0 Å². The van der Waals surface area contributed by atoms with Crippen molar-refractivity contribution in [3.8, 4) is 5.75 Å². The molecule has 0 spiro atoms. The summed E-state index contributed by atoms with van der Waals surface area (Å²) in [5.74, 6) is -0.651. The number of anilines is 1. The number of ether oxygens (including phenoxy) is 2. The lowest BCUT2D eigenvalue weighted by molar-refractivity contribution is 0.0526. The van der Waals surface area contributed by atoms with Crippen molar-refractivity contribution < 1.29 is 18.7 Å². The second kappa shape index (κ2) is 8.99. The van der Waals surface area contributed by atoms with E-state index in [1.54, 1.807) is 49.6 Å². The van der Waals surface area contributed by atoms with Crippen molar-refractivity contribution >= 4 is 11.7 Å². The number of carbonyl (C=O) groups is 1. The predicted molar refractivity (Wildman–Crippen MR) is 105 cm³/mol. The number of nitrogens with one attached hydrogen (secondary N) is 1. The Morgan fingerprint density at radius 1 is 1.14 bits per heavy atom. The van der Waals surface area contributed by atoms with Gasteiger partial charge in [0.05, 0.1) is 25.3 Å². The molecule has 0 aliphatic carbocycles. The van der Waals surface area contributed by atoms with Crippen molar-refractivity contribution in [3.05, 3.63) is 89.5 Å². The molecule has 0 aliphatic heterocycles. The summed E-state index contributed by atoms with van der Waals surface area (Å²) in [6.07, 6.45) is 3.43. The molecule has 6 heteroatoms. The van der Waals surface area contributed by atoms with Gasteiger partial charge >= 0.3 is 5.97 Å². The van der Waals surface area contributed by atoms with Gasteiger partial charge in [0.2, 0.25) is 0 Å². The Hall–Kier alpha value is -3.41. The van der Waals surface area contributed by atoms with Crippen LogP contribution in [-0.2, 0) is 4.74 Å². The summed E-state index contributed by atoms with van der Waals surface area (Å²) >= 11 is 0. The quantitative estimate of drug-likeness (QED) is 0.607. The van der Waals surface area contributed by atoms with Crippen molar-refractivity contribution in [2.75, 3.05) is 19.0 Å². The van der Waals surface area contributed by atoms with Gasteiger partial charge in [-0.05, 0) is 54.4 Å². The van der Waals surface area contributed by atoms with Crippen LogP contribution in [0.4, 0.5) is 10.1 Å². The molecule has 0 radical (unpaired) electrons. The summed E-state index contributed by atoms with van der Waals surface area (Å²) in [5, 5.41) is 3.39. The third kappa shape index (κ3) is 4.46. The van der Waals surface area contributed by atoms with E-state index in [2.05, 4.69) is 10.3 Å². The number of halogens is 1. The Morgan fingerprint density at radius 3 is 2.71 bits per heavy atom. The number of rotatable bonds is 7. The fraction of sp³-hybridized carbons (Fsp3) is 0.182. The van der Waals surface area contributed by atoms with Crippen LogP contribution in [0.5, 0.6) is 5.75 Å². The smallest absolute Gasteiger partial charge is 0.338 e. The minimum atomic E-state index is -0.430. The minimum absolute atomic E-state index is 0.161. The summed E-state index contributed by atoms with van der Waals surface area (Å²) in [4.78, 5) is 16.2. The third-order valence-electron chi connectivity index (χ3n) is 4.21. The second-order valence-electron chi connectivity index (χ2n) is 6.06. The SMILES string of the molecule is CCOC(=O)c1cccc(NC(c2cccnc2)c2ccc(F)c(OC)c2)c1. The Morgan fingerprint density at radius 2 is 2.00 bits per heavy atom. The van der Waals surface area contributed by atoms with Crippen LogP contribution in [0, 0.1) is 5.82 Å². The van der Waals surface area contributed by atoms with Gasteiger partial charge in [-0.3, -0.25) is 4.98 Å². The topological polar surface area (TPSA) is 60.5 Å². The van der Waals surface area contributed by atoms with Gasteiger partial charge in [-0.1, -0.05) is 18.2 Å². The normalized spacial score (nSPS) is 11.5. The van der Waals surface area contributed by atoms with Gasteiger partial charge < -0.3 is 14.8 Å². The van der Waals surface area contributed by atoms with Crippen molar-refractivity contribution in [2.45, 2.75) is 13.0 Å². The minimum Gasteiger partial charge on any atom is -0.494 e. The zero-order valence-corrected chi connectivity index (χ0v) is 15.7. The van der Waals surface area contributed by atoms with E-state index < -0.39 is 5.82 Å². The van der Waals surface area contributed by atoms with Crippen LogP contribution in [0.15, 0.2) is 67.0 Å². The summed E-state index contributed by atoms with van der Waals surface area (Å²) < 4.78 is 24.1. The highest BCUT2D eigenvalue weighted by Gasteiger charge is 2.17. The molecule has 1 atom stereocenters. The van der Waals surface area contributed by atoms with Crippen molar-refractivity contribution in [3.63, 3.8) is 0 Å². The van der Waals surface area contributed by atoms with Crippen molar-refractivity contribution in [1.82, 2.24) is 4.98 Å². The Bertz CT molecular complexity index is 948. The standard InChI is InChI=1S/C22H21FN2O3/c1-3-28-22(26)16-6-4-8-18(12-16)25-21(17-7-5-11-24-14-17)15-9-10-19(23)20(13-15)27-2/h4-14,21,25H,3H2,1-2H3. The lowest BCUT2D eigenvalue weighted by Gasteiger charge is -2.22. The van der Waals surface area contributed by atoms with Crippen molar-refractivity contribution in [2.24, 2.45) is 0 Å². The van der Waals surface area contributed by atoms with Gasteiger partial charge in [-0.2, -0.15) is 0 Å². The van der Waals surface area contributed by atoms with Crippen LogP contribution in [0.2, 0.25) is 0 Å². The number of benzene rings is 2. The van der Waals surface area contributed by atoms with Crippen LogP contribution in [0.1, 0.15) is 34.5 Å². The van der Waals surface area contributed by atoms with Crippen LogP contribution in [0.3, 0.4) is 0 Å². The molecule has 0 fully saturated rings. The number of pyridine rings is 1. The molecule has 1 N–H and O–H groups in total. The van der Waals surface area contributed by atoms with Crippen LogP contribution >= 0.6 is 0 Å². The number of methoxy groups -OCH3 is 1. The Balaban J connectivity index is 1.97. The third-order valence-corrected chi connectivity index (χ3v) is 4.21. The van der Waals surface area contributed by atoms with Crippen LogP contribution in [-0.4, -0.2) is 24.7 Å². The molecule has 5 nitrogen and oxygen atoms in total. The number of hydrogen-bond donors (Lipinski definition) is 1. The largest absolute Gasteiger partial charge is 0.494 e. The molecule has 0 bridgehead atoms. The maximum Gasteiger partial charge on any atom is 0.338 e. The first-order chi connectivity index (χ1) is 13.6. The molecular weight excluding hydrogens is 359 g/mol. The summed E-state index contributed by atoms with van der Waals surface area (Å²) in [6, 6.07) is 15.2. The van der Waals surface area contributed by atoms with E-state index in [1.165, 1.54) is 13.2 Å². The maximum absolute atomic E-state index is 13.9. The van der Waals surface area contributed by atoms with E-state index in [0.29, 0.717) is 12.2 Å². The maximum atomic E-state index is 13.9. The molecule has 1 heterocycles. The monoisotopic (exact) mass is 380 g/mol. The molecule has 0 saturated heterocycles. The fourth-order valence-electron chi connectivity index (χ4n) is 2.88. The molecule has 1 unspecified atom stereocenters. The number of esters is 1. The van der Waals surface area contributed by atoms with Gasteiger partial charge in [0.15, 0.2) is 11.6 Å². The predicted octanol–water partition coefficient (Wildman–Crippen LogP) is 4.61. The zero-order valence-electron chi connectivity index (χ0n) is 15.7. The second-order valence-corrected chi connectivity index (χ2v) is 6.06. The van der Waals surface area contributed by atoms with E-state index in [1.807, 2.05) is 18.2 Å². The van der Waals surface area contributed by atoms with E-state index in [-0.39, 0.29) is 17.8 Å². The van der Waals surface area contributed by atoms with Crippen LogP contribution in [0.25, 0.3) is 0 Å². The van der Waals surface area contributed by atoms with Gasteiger partial charge in [0, 0.05) is 18.1 Å². The average Bonchev–Trinajstić information content (AvgIpc) is 2.73. The molecule has 1 aromatic heterocycles. The molecule has 144 valence electrons. The molecule has 0 amide bonds. The highest BCUT2D eigenvalue weighted by molar-refractivity contribution is 5.90. The number of hydrogen-bond acceptors (Lipinski definition) is 5. The van der Waals surface area contributed by atoms with Gasteiger partial charge in [0.25, 0.3) is 0 Å². The molecule has 0 aliphatic rings. The molecular formula is C22H21FN2O3.